The molecule has 27 heavy (non-hydrogen) atoms. The van der Waals surface area contributed by atoms with Crippen molar-refractivity contribution < 1.29 is 13.2 Å². The molecule has 1 aromatic carbocycles. The average molecular weight is 375 g/mol. The normalized spacial score (nSPS) is 27.9. The molecule has 142 valence electrons. The highest BCUT2D eigenvalue weighted by atomic mass is 19.4. The van der Waals surface area contributed by atoms with Crippen LogP contribution in [-0.4, -0.2) is 48.3 Å². The van der Waals surface area contributed by atoms with Crippen molar-refractivity contribution in [3.05, 3.63) is 47.7 Å². The molecule has 1 saturated heterocycles. The van der Waals surface area contributed by atoms with Crippen molar-refractivity contribution in [1.29, 1.82) is 0 Å². The lowest BCUT2D eigenvalue weighted by molar-refractivity contribution is -0.137. The van der Waals surface area contributed by atoms with Crippen molar-refractivity contribution in [2.45, 2.75) is 19.1 Å². The Kier molecular flexibility index (Phi) is 4.59. The largest absolute Gasteiger partial charge is 0.416 e. The fourth-order valence-corrected chi connectivity index (χ4v) is 3.73. The van der Waals surface area contributed by atoms with Crippen LogP contribution in [0.1, 0.15) is 18.1 Å². The number of allylic oxidation sites excluding steroid dienone is 1. The van der Waals surface area contributed by atoms with Crippen LogP contribution >= 0.6 is 0 Å². The van der Waals surface area contributed by atoms with Gasteiger partial charge in [0, 0.05) is 44.0 Å². The Balaban J connectivity index is 1.69. The van der Waals surface area contributed by atoms with Gasteiger partial charge in [-0.1, -0.05) is 18.2 Å². The Morgan fingerprint density at radius 3 is 2.59 bits per heavy atom. The fourth-order valence-electron chi connectivity index (χ4n) is 3.73. The number of fused-ring (bicyclic) bond motifs is 1. The van der Waals surface area contributed by atoms with Crippen LogP contribution in [0.15, 0.2) is 51.7 Å². The number of hydrogen-bond donors (Lipinski definition) is 1. The van der Waals surface area contributed by atoms with E-state index in [0.717, 1.165) is 37.6 Å². The van der Waals surface area contributed by atoms with Crippen molar-refractivity contribution >= 4 is 17.8 Å². The summed E-state index contributed by atoms with van der Waals surface area (Å²) in [5.74, 6) is 0.719. The first kappa shape index (κ1) is 17.9. The molecule has 4 rings (SSSR count). The zero-order chi connectivity index (χ0) is 19.0. The summed E-state index contributed by atoms with van der Waals surface area (Å²) in [5, 5.41) is 12.2. The highest BCUT2D eigenvalue weighted by Crippen LogP contribution is 2.32. The summed E-state index contributed by atoms with van der Waals surface area (Å²) >= 11 is 0. The van der Waals surface area contributed by atoms with Gasteiger partial charge in [-0.2, -0.15) is 18.3 Å². The maximum absolute atomic E-state index is 12.8. The standard InChI is InChI=1S/C19H20F3N5/c1-12-10-24-8-9-27(12)18-16-11-23-7-6-15(16)17(25-26-18)13-2-4-14(5-3-13)19(20,21)22/h2-7,11-12,15-16,24H,8-10H2,1H3. The van der Waals surface area contributed by atoms with Crippen LogP contribution in [0.4, 0.5) is 13.2 Å². The molecule has 3 atom stereocenters. The molecule has 5 nitrogen and oxygen atoms in total. The van der Waals surface area contributed by atoms with Gasteiger partial charge in [0.1, 0.15) is 5.84 Å². The monoisotopic (exact) mass is 375 g/mol. The first-order chi connectivity index (χ1) is 12.9. The third-order valence-corrected chi connectivity index (χ3v) is 5.19. The van der Waals surface area contributed by atoms with Gasteiger partial charge in [0.15, 0.2) is 0 Å². The van der Waals surface area contributed by atoms with E-state index in [1.54, 1.807) is 6.20 Å². The predicted octanol–water partition coefficient (Wildman–Crippen LogP) is 2.95. The SMILES string of the molecule is CC1CNCCN1C1=NN=C(c2ccc(C(F)(F)F)cc2)C2C=CN=CC12. The van der Waals surface area contributed by atoms with Crippen LogP contribution in [0.2, 0.25) is 0 Å². The maximum Gasteiger partial charge on any atom is 0.416 e. The molecule has 3 unspecified atom stereocenters. The van der Waals surface area contributed by atoms with Gasteiger partial charge >= 0.3 is 6.18 Å². The molecular weight excluding hydrogens is 355 g/mol. The molecule has 1 aromatic rings. The van der Waals surface area contributed by atoms with Crippen molar-refractivity contribution in [2.24, 2.45) is 27.0 Å². The number of rotatable bonds is 1. The van der Waals surface area contributed by atoms with Gasteiger partial charge in [-0.05, 0) is 24.6 Å². The van der Waals surface area contributed by atoms with Crippen LogP contribution < -0.4 is 5.32 Å². The van der Waals surface area contributed by atoms with E-state index in [1.807, 2.05) is 12.3 Å². The minimum atomic E-state index is -4.35. The summed E-state index contributed by atoms with van der Waals surface area (Å²) in [7, 11) is 0. The van der Waals surface area contributed by atoms with Gasteiger partial charge in [-0.15, -0.1) is 5.10 Å². The Labute approximate surface area is 155 Å². The number of hydrogen-bond acceptors (Lipinski definition) is 5. The molecular formula is C19H20F3N5. The number of aliphatic imine (C=N–C) groups is 1. The number of amidine groups is 1. The minimum absolute atomic E-state index is 0.0645. The van der Waals surface area contributed by atoms with Crippen LogP contribution in [0.3, 0.4) is 0 Å². The maximum atomic E-state index is 12.8. The lowest BCUT2D eigenvalue weighted by Gasteiger charge is -2.41. The van der Waals surface area contributed by atoms with Crippen LogP contribution in [-0.2, 0) is 6.18 Å². The molecule has 0 aromatic heterocycles. The number of halogens is 3. The molecule has 0 spiro atoms. The van der Waals surface area contributed by atoms with E-state index in [4.69, 9.17) is 0 Å². The lowest BCUT2D eigenvalue weighted by atomic mass is 9.82. The van der Waals surface area contributed by atoms with E-state index < -0.39 is 11.7 Å². The van der Waals surface area contributed by atoms with Gasteiger partial charge in [0.25, 0.3) is 0 Å². The van der Waals surface area contributed by atoms with E-state index in [9.17, 15) is 13.2 Å². The van der Waals surface area contributed by atoms with E-state index in [-0.39, 0.29) is 11.8 Å². The third kappa shape index (κ3) is 3.41. The zero-order valence-corrected chi connectivity index (χ0v) is 14.8. The first-order valence-corrected chi connectivity index (χ1v) is 8.95. The molecule has 0 saturated carbocycles. The number of alkyl halides is 3. The number of nitrogens with one attached hydrogen (secondary N) is 1. The first-order valence-electron chi connectivity index (χ1n) is 8.95. The molecule has 1 fully saturated rings. The summed E-state index contributed by atoms with van der Waals surface area (Å²) in [6.07, 6.45) is 1.17. The summed E-state index contributed by atoms with van der Waals surface area (Å²) in [5.41, 5.74) is 0.649. The Morgan fingerprint density at radius 2 is 1.89 bits per heavy atom. The Hall–Kier alpha value is -2.48. The summed E-state index contributed by atoms with van der Waals surface area (Å²) in [6, 6.07) is 5.40. The second-order valence-corrected chi connectivity index (χ2v) is 6.96. The van der Waals surface area contributed by atoms with E-state index in [0.29, 0.717) is 17.3 Å². The molecule has 0 radical (unpaired) electrons. The molecule has 0 amide bonds. The summed E-state index contributed by atoms with van der Waals surface area (Å²) < 4.78 is 38.5. The van der Waals surface area contributed by atoms with Crippen molar-refractivity contribution in [1.82, 2.24) is 10.2 Å². The fraction of sp³-hybridized carbons (Fsp3) is 0.421. The van der Waals surface area contributed by atoms with E-state index in [2.05, 4.69) is 32.3 Å². The Bertz CT molecular complexity index is 823. The average Bonchev–Trinajstić information content (AvgIpc) is 2.67. The summed E-state index contributed by atoms with van der Waals surface area (Å²) in [6.45, 7) is 4.72. The number of piperazine rings is 1. The van der Waals surface area contributed by atoms with Gasteiger partial charge in [0.2, 0.25) is 0 Å². The summed E-state index contributed by atoms with van der Waals surface area (Å²) in [4.78, 5) is 6.52. The predicted molar refractivity (Wildman–Crippen MR) is 99.1 cm³/mol. The van der Waals surface area contributed by atoms with Crippen molar-refractivity contribution in [2.75, 3.05) is 19.6 Å². The van der Waals surface area contributed by atoms with Gasteiger partial charge in [-0.3, -0.25) is 4.99 Å². The van der Waals surface area contributed by atoms with Gasteiger partial charge in [-0.25, -0.2) is 0 Å². The van der Waals surface area contributed by atoms with Crippen molar-refractivity contribution in [3.63, 3.8) is 0 Å². The highest BCUT2D eigenvalue weighted by molar-refractivity contribution is 6.12. The third-order valence-electron chi connectivity index (χ3n) is 5.19. The molecule has 3 heterocycles. The quantitative estimate of drug-likeness (QED) is 0.821. The van der Waals surface area contributed by atoms with E-state index in [1.165, 1.54) is 12.1 Å². The molecule has 3 aliphatic rings. The highest BCUT2D eigenvalue weighted by Gasteiger charge is 2.37. The topological polar surface area (TPSA) is 52.3 Å². The second kappa shape index (κ2) is 6.92. The minimum Gasteiger partial charge on any atom is -0.353 e. The van der Waals surface area contributed by atoms with Crippen molar-refractivity contribution in [3.8, 4) is 0 Å². The molecule has 0 bridgehead atoms. The molecule has 8 heteroatoms. The number of nitrogens with zero attached hydrogens (tertiary/aromatic N) is 4. The van der Waals surface area contributed by atoms with Gasteiger partial charge < -0.3 is 10.2 Å². The molecule has 0 aliphatic carbocycles. The zero-order valence-electron chi connectivity index (χ0n) is 14.8. The van der Waals surface area contributed by atoms with Gasteiger partial charge in [0.05, 0.1) is 17.2 Å². The lowest BCUT2D eigenvalue weighted by Crippen LogP contribution is -2.56. The van der Waals surface area contributed by atoms with Crippen LogP contribution in [0.5, 0.6) is 0 Å². The Morgan fingerprint density at radius 1 is 1.11 bits per heavy atom. The van der Waals surface area contributed by atoms with Crippen LogP contribution in [0.25, 0.3) is 0 Å². The van der Waals surface area contributed by atoms with E-state index >= 15 is 0 Å². The molecule has 3 aliphatic heterocycles. The second-order valence-electron chi connectivity index (χ2n) is 6.96. The van der Waals surface area contributed by atoms with Crippen LogP contribution in [0, 0.1) is 11.8 Å². The molecule has 1 N–H and O–H groups in total. The number of benzene rings is 1. The smallest absolute Gasteiger partial charge is 0.353 e.